The molecule has 2 aromatic rings. The molecule has 0 radical (unpaired) electrons. The first-order valence-electron chi connectivity index (χ1n) is 5.70. The summed E-state index contributed by atoms with van der Waals surface area (Å²) < 4.78 is 2.80. The molecule has 0 saturated carbocycles. The Morgan fingerprint density at radius 3 is 2.78 bits per heavy atom. The van der Waals surface area contributed by atoms with Gasteiger partial charge in [0.05, 0.1) is 22.4 Å². The van der Waals surface area contributed by atoms with Crippen LogP contribution >= 0.6 is 15.9 Å². The molecule has 1 aromatic carbocycles. The van der Waals surface area contributed by atoms with Crippen LogP contribution in [0.15, 0.2) is 34.9 Å². The number of hydrogen-bond acceptors (Lipinski definition) is 4. The molecule has 0 bridgehead atoms. The van der Waals surface area contributed by atoms with Gasteiger partial charge in [-0.15, -0.1) is 0 Å². The van der Waals surface area contributed by atoms with E-state index >= 15 is 0 Å². The fourth-order valence-electron chi connectivity index (χ4n) is 2.00. The van der Waals surface area contributed by atoms with Crippen LogP contribution in [0.2, 0.25) is 0 Å². The molecule has 0 saturated heterocycles. The zero-order valence-corrected chi connectivity index (χ0v) is 11.7. The molecule has 1 unspecified atom stereocenters. The lowest BCUT2D eigenvalue weighted by molar-refractivity contribution is 0.543. The number of halogens is 1. The predicted molar refractivity (Wildman–Crippen MR) is 75.6 cm³/mol. The number of hydrazine groups is 1. The summed E-state index contributed by atoms with van der Waals surface area (Å²) in [5, 5.41) is 4.29. The van der Waals surface area contributed by atoms with Crippen molar-refractivity contribution in [2.45, 2.75) is 19.5 Å². The van der Waals surface area contributed by atoms with E-state index in [2.05, 4.69) is 26.5 Å². The lowest BCUT2D eigenvalue weighted by atomic mass is 10.0. The minimum atomic E-state index is -0.192. The van der Waals surface area contributed by atoms with Gasteiger partial charge in [0.15, 0.2) is 0 Å². The van der Waals surface area contributed by atoms with Crippen molar-refractivity contribution in [2.24, 2.45) is 5.84 Å². The average Bonchev–Trinajstić information content (AvgIpc) is 2.74. The number of nitrogens with two attached hydrogens (primary N) is 2. The molecule has 0 aliphatic heterocycles. The van der Waals surface area contributed by atoms with E-state index in [1.165, 1.54) is 0 Å². The van der Waals surface area contributed by atoms with Gasteiger partial charge in [0.2, 0.25) is 0 Å². The van der Waals surface area contributed by atoms with Crippen LogP contribution in [-0.4, -0.2) is 9.78 Å². The lowest BCUT2D eigenvalue weighted by Gasteiger charge is -2.20. The quantitative estimate of drug-likeness (QED) is 0.457. The second-order valence-electron chi connectivity index (χ2n) is 3.92. The fraction of sp³-hybridized carbons (Fsp3) is 0.250. The van der Waals surface area contributed by atoms with Crippen LogP contribution in [0.4, 0.5) is 5.69 Å². The molecule has 18 heavy (non-hydrogen) atoms. The van der Waals surface area contributed by atoms with E-state index in [0.29, 0.717) is 5.69 Å². The number of nitrogens with zero attached hydrogens (tertiary/aromatic N) is 2. The highest BCUT2D eigenvalue weighted by Crippen LogP contribution is 2.30. The molecule has 0 aliphatic carbocycles. The second kappa shape index (κ2) is 5.51. The standard InChI is InChI=1S/C12H16BrN5/c1-2-18-12(9(13)7-16-18)11(17-15)8-5-3-4-6-10(8)14/h3-7,11,17H,2,14-15H2,1H3. The Morgan fingerprint density at radius 2 is 2.17 bits per heavy atom. The highest BCUT2D eigenvalue weighted by Gasteiger charge is 2.21. The number of nitrogens with one attached hydrogen (secondary N) is 1. The maximum Gasteiger partial charge on any atom is 0.0909 e. The number of aryl methyl sites for hydroxylation is 1. The first-order chi connectivity index (χ1) is 8.69. The molecule has 0 aliphatic rings. The molecule has 1 atom stereocenters. The van der Waals surface area contributed by atoms with Crippen molar-refractivity contribution in [3.8, 4) is 0 Å². The summed E-state index contributed by atoms with van der Waals surface area (Å²) in [4.78, 5) is 0. The number of anilines is 1. The number of para-hydroxylation sites is 1. The SMILES string of the molecule is CCn1ncc(Br)c1C(NN)c1ccccc1N. The van der Waals surface area contributed by atoms with Crippen molar-refractivity contribution in [3.05, 3.63) is 46.2 Å². The maximum atomic E-state index is 6.00. The molecule has 6 heteroatoms. The number of rotatable bonds is 4. The molecule has 5 N–H and O–H groups in total. The van der Waals surface area contributed by atoms with Crippen molar-refractivity contribution < 1.29 is 0 Å². The number of aromatic nitrogens is 2. The zero-order chi connectivity index (χ0) is 13.1. The fourth-order valence-corrected chi connectivity index (χ4v) is 2.53. The molecular formula is C12H16BrN5. The van der Waals surface area contributed by atoms with E-state index in [1.807, 2.05) is 35.9 Å². The van der Waals surface area contributed by atoms with Crippen LogP contribution in [0.3, 0.4) is 0 Å². The molecule has 96 valence electrons. The van der Waals surface area contributed by atoms with Crippen molar-refractivity contribution in [2.75, 3.05) is 5.73 Å². The zero-order valence-electron chi connectivity index (χ0n) is 10.1. The minimum Gasteiger partial charge on any atom is -0.398 e. The van der Waals surface area contributed by atoms with Gasteiger partial charge in [0.25, 0.3) is 0 Å². The topological polar surface area (TPSA) is 81.9 Å². The van der Waals surface area contributed by atoms with E-state index in [0.717, 1.165) is 22.3 Å². The summed E-state index contributed by atoms with van der Waals surface area (Å²) in [6, 6.07) is 7.47. The van der Waals surface area contributed by atoms with Gasteiger partial charge in [-0.2, -0.15) is 5.10 Å². The summed E-state index contributed by atoms with van der Waals surface area (Å²) in [6.45, 7) is 2.80. The molecular weight excluding hydrogens is 294 g/mol. The van der Waals surface area contributed by atoms with Crippen molar-refractivity contribution in [1.29, 1.82) is 0 Å². The van der Waals surface area contributed by atoms with Gasteiger partial charge in [-0.1, -0.05) is 18.2 Å². The van der Waals surface area contributed by atoms with E-state index < -0.39 is 0 Å². The Bertz CT molecular complexity index is 537. The van der Waals surface area contributed by atoms with Crippen LogP contribution in [0.25, 0.3) is 0 Å². The van der Waals surface area contributed by atoms with Crippen LogP contribution < -0.4 is 17.0 Å². The van der Waals surface area contributed by atoms with E-state index in [-0.39, 0.29) is 6.04 Å². The summed E-state index contributed by atoms with van der Waals surface area (Å²) in [6.07, 6.45) is 1.77. The van der Waals surface area contributed by atoms with Gasteiger partial charge in [-0.05, 0) is 34.5 Å². The van der Waals surface area contributed by atoms with Gasteiger partial charge in [-0.25, -0.2) is 5.43 Å². The highest BCUT2D eigenvalue weighted by atomic mass is 79.9. The second-order valence-corrected chi connectivity index (χ2v) is 4.78. The minimum absolute atomic E-state index is 0.192. The smallest absolute Gasteiger partial charge is 0.0909 e. The Kier molecular flexibility index (Phi) is 4.00. The van der Waals surface area contributed by atoms with Gasteiger partial charge in [0.1, 0.15) is 0 Å². The highest BCUT2D eigenvalue weighted by molar-refractivity contribution is 9.10. The van der Waals surface area contributed by atoms with E-state index in [9.17, 15) is 0 Å². The maximum absolute atomic E-state index is 6.00. The molecule has 1 heterocycles. The molecule has 5 nitrogen and oxygen atoms in total. The Labute approximate surface area is 114 Å². The van der Waals surface area contributed by atoms with Crippen LogP contribution in [-0.2, 0) is 6.54 Å². The number of nitrogen functional groups attached to an aromatic ring is 1. The molecule has 0 fully saturated rings. The summed E-state index contributed by atoms with van der Waals surface area (Å²) in [5.74, 6) is 5.69. The van der Waals surface area contributed by atoms with Crippen LogP contribution in [0.5, 0.6) is 0 Å². The third-order valence-electron chi connectivity index (χ3n) is 2.88. The van der Waals surface area contributed by atoms with E-state index in [4.69, 9.17) is 11.6 Å². The lowest BCUT2D eigenvalue weighted by Crippen LogP contribution is -2.31. The number of benzene rings is 1. The first kappa shape index (κ1) is 13.1. The summed E-state index contributed by atoms with van der Waals surface area (Å²) in [7, 11) is 0. The summed E-state index contributed by atoms with van der Waals surface area (Å²) >= 11 is 3.50. The Hall–Kier alpha value is -1.37. The molecule has 0 spiro atoms. The average molecular weight is 310 g/mol. The van der Waals surface area contributed by atoms with Crippen LogP contribution in [0, 0.1) is 0 Å². The molecule has 1 aromatic heterocycles. The van der Waals surface area contributed by atoms with Gasteiger partial charge in [-0.3, -0.25) is 10.5 Å². The van der Waals surface area contributed by atoms with Crippen molar-refractivity contribution >= 4 is 21.6 Å². The first-order valence-corrected chi connectivity index (χ1v) is 6.50. The van der Waals surface area contributed by atoms with Crippen LogP contribution in [0.1, 0.15) is 24.2 Å². The third-order valence-corrected chi connectivity index (χ3v) is 3.49. The monoisotopic (exact) mass is 309 g/mol. The van der Waals surface area contributed by atoms with Gasteiger partial charge < -0.3 is 5.73 Å². The number of hydrogen-bond donors (Lipinski definition) is 3. The third kappa shape index (κ3) is 2.27. The van der Waals surface area contributed by atoms with Gasteiger partial charge in [0, 0.05) is 12.2 Å². The molecule has 2 rings (SSSR count). The van der Waals surface area contributed by atoms with E-state index in [1.54, 1.807) is 6.20 Å². The van der Waals surface area contributed by atoms with Crippen molar-refractivity contribution in [3.63, 3.8) is 0 Å². The predicted octanol–water partition coefficient (Wildman–Crippen LogP) is 1.80. The normalized spacial score (nSPS) is 12.6. The largest absolute Gasteiger partial charge is 0.398 e. The molecule has 0 amide bonds. The van der Waals surface area contributed by atoms with Crippen molar-refractivity contribution in [1.82, 2.24) is 15.2 Å². The summed E-state index contributed by atoms with van der Waals surface area (Å²) in [5.41, 5.74) is 11.4. The Balaban J connectivity index is 2.52. The van der Waals surface area contributed by atoms with Gasteiger partial charge >= 0.3 is 0 Å². The Morgan fingerprint density at radius 1 is 1.44 bits per heavy atom.